The zero-order chi connectivity index (χ0) is 13.0. The zero-order valence-electron chi connectivity index (χ0n) is 9.60. The van der Waals surface area contributed by atoms with Crippen LogP contribution in [0.2, 0.25) is 0 Å². The molecule has 4 heteroatoms. The van der Waals surface area contributed by atoms with Gasteiger partial charge in [0.15, 0.2) is 0 Å². The van der Waals surface area contributed by atoms with E-state index in [1.165, 1.54) is 18.2 Å². The van der Waals surface area contributed by atoms with Gasteiger partial charge in [0.2, 0.25) is 0 Å². The van der Waals surface area contributed by atoms with Crippen LogP contribution in [0.25, 0.3) is 0 Å². The minimum Gasteiger partial charge on any atom is -0.457 e. The van der Waals surface area contributed by atoms with Gasteiger partial charge in [-0.1, -0.05) is 36.4 Å². The second-order valence-corrected chi connectivity index (χ2v) is 3.76. The Morgan fingerprint density at radius 2 is 1.83 bits per heavy atom. The summed E-state index contributed by atoms with van der Waals surface area (Å²) in [7, 11) is 0. The van der Waals surface area contributed by atoms with Crippen molar-refractivity contribution in [3.63, 3.8) is 0 Å². The number of esters is 1. The number of benzene rings is 2. The lowest BCUT2D eigenvalue weighted by molar-refractivity contribution is 0.0473. The summed E-state index contributed by atoms with van der Waals surface area (Å²) in [4.78, 5) is 11.7. The summed E-state index contributed by atoms with van der Waals surface area (Å²) in [5.74, 6) is -1.25. The number of halogens is 1. The van der Waals surface area contributed by atoms with Gasteiger partial charge in [0.05, 0.1) is 11.3 Å². The van der Waals surface area contributed by atoms with Crippen LogP contribution in [0.5, 0.6) is 0 Å². The van der Waals surface area contributed by atoms with Crippen molar-refractivity contribution in [3.8, 4) is 0 Å². The third-order valence-corrected chi connectivity index (χ3v) is 2.49. The number of nitrogens with two attached hydrogens (primary N) is 1. The number of para-hydroxylation sites is 1. The van der Waals surface area contributed by atoms with Crippen molar-refractivity contribution in [2.45, 2.75) is 6.61 Å². The van der Waals surface area contributed by atoms with Gasteiger partial charge in [0.25, 0.3) is 0 Å². The first-order chi connectivity index (χ1) is 8.68. The van der Waals surface area contributed by atoms with Crippen LogP contribution in [0.4, 0.5) is 10.1 Å². The third kappa shape index (κ3) is 2.66. The van der Waals surface area contributed by atoms with Gasteiger partial charge < -0.3 is 10.5 Å². The number of carbonyl (C=O) groups excluding carboxylic acids is 1. The monoisotopic (exact) mass is 245 g/mol. The van der Waals surface area contributed by atoms with E-state index in [0.717, 1.165) is 5.56 Å². The maximum Gasteiger partial charge on any atom is 0.340 e. The SMILES string of the molecule is Nc1c(F)cccc1C(=O)OCc1ccccc1. The van der Waals surface area contributed by atoms with Crippen LogP contribution < -0.4 is 5.73 Å². The van der Waals surface area contributed by atoms with Crippen LogP contribution in [-0.4, -0.2) is 5.97 Å². The fourth-order valence-corrected chi connectivity index (χ4v) is 1.52. The molecular formula is C14H12FNO2. The Morgan fingerprint density at radius 1 is 1.11 bits per heavy atom. The molecule has 2 rings (SSSR count). The smallest absolute Gasteiger partial charge is 0.340 e. The summed E-state index contributed by atoms with van der Waals surface area (Å²) in [5, 5.41) is 0. The van der Waals surface area contributed by atoms with Crippen LogP contribution in [-0.2, 0) is 11.3 Å². The summed E-state index contributed by atoms with van der Waals surface area (Å²) >= 11 is 0. The van der Waals surface area contributed by atoms with Crippen LogP contribution in [0.15, 0.2) is 48.5 Å². The number of nitrogen functional groups attached to an aromatic ring is 1. The van der Waals surface area contributed by atoms with Gasteiger partial charge in [-0.25, -0.2) is 9.18 Å². The van der Waals surface area contributed by atoms with Gasteiger partial charge in [-0.05, 0) is 17.7 Å². The van der Waals surface area contributed by atoms with Gasteiger partial charge >= 0.3 is 5.97 Å². The third-order valence-electron chi connectivity index (χ3n) is 2.49. The molecule has 0 aromatic heterocycles. The highest BCUT2D eigenvalue weighted by molar-refractivity contribution is 5.95. The molecule has 0 saturated carbocycles. The molecule has 2 N–H and O–H groups in total. The predicted octanol–water partition coefficient (Wildman–Crippen LogP) is 2.76. The van der Waals surface area contributed by atoms with Crippen molar-refractivity contribution in [2.75, 3.05) is 5.73 Å². The average molecular weight is 245 g/mol. The largest absolute Gasteiger partial charge is 0.457 e. The molecule has 0 amide bonds. The number of hydrogen-bond donors (Lipinski definition) is 1. The van der Waals surface area contributed by atoms with Crippen molar-refractivity contribution in [3.05, 3.63) is 65.5 Å². The molecule has 0 fully saturated rings. The molecule has 3 nitrogen and oxygen atoms in total. The molecule has 0 aliphatic rings. The minimum absolute atomic E-state index is 0.0472. The summed E-state index contributed by atoms with van der Waals surface area (Å²) in [6.07, 6.45) is 0. The predicted molar refractivity (Wildman–Crippen MR) is 66.4 cm³/mol. The Bertz CT molecular complexity index is 555. The molecule has 0 atom stereocenters. The van der Waals surface area contributed by atoms with E-state index in [0.29, 0.717) is 0 Å². The summed E-state index contributed by atoms with van der Waals surface area (Å²) < 4.78 is 18.2. The van der Waals surface area contributed by atoms with Crippen LogP contribution in [0.3, 0.4) is 0 Å². The van der Waals surface area contributed by atoms with E-state index >= 15 is 0 Å². The summed E-state index contributed by atoms with van der Waals surface area (Å²) in [5.41, 5.74) is 6.20. The number of hydrogen-bond acceptors (Lipinski definition) is 3. The first-order valence-corrected chi connectivity index (χ1v) is 5.43. The average Bonchev–Trinajstić information content (AvgIpc) is 2.40. The van der Waals surface area contributed by atoms with E-state index in [-0.39, 0.29) is 17.9 Å². The Kier molecular flexibility index (Phi) is 3.57. The molecule has 0 aliphatic carbocycles. The van der Waals surface area contributed by atoms with Crippen molar-refractivity contribution in [1.82, 2.24) is 0 Å². The maximum absolute atomic E-state index is 13.2. The minimum atomic E-state index is -0.629. The van der Waals surface area contributed by atoms with Crippen LogP contribution >= 0.6 is 0 Å². The summed E-state index contributed by atoms with van der Waals surface area (Å²) in [6, 6.07) is 13.3. The number of ether oxygens (including phenoxy) is 1. The Hall–Kier alpha value is -2.36. The molecule has 92 valence electrons. The van der Waals surface area contributed by atoms with E-state index in [1.807, 2.05) is 30.3 Å². The zero-order valence-corrected chi connectivity index (χ0v) is 9.60. The van der Waals surface area contributed by atoms with E-state index in [2.05, 4.69) is 0 Å². The van der Waals surface area contributed by atoms with E-state index < -0.39 is 11.8 Å². The van der Waals surface area contributed by atoms with Crippen LogP contribution in [0, 0.1) is 5.82 Å². The number of anilines is 1. The lowest BCUT2D eigenvalue weighted by atomic mass is 10.2. The number of rotatable bonds is 3. The van der Waals surface area contributed by atoms with Gasteiger partial charge in [-0.15, -0.1) is 0 Å². The molecule has 0 unspecified atom stereocenters. The molecule has 0 radical (unpaired) electrons. The van der Waals surface area contributed by atoms with Gasteiger partial charge in [-0.2, -0.15) is 0 Å². The molecule has 0 saturated heterocycles. The van der Waals surface area contributed by atoms with Crippen molar-refractivity contribution in [1.29, 1.82) is 0 Å². The quantitative estimate of drug-likeness (QED) is 0.668. The first-order valence-electron chi connectivity index (χ1n) is 5.43. The summed E-state index contributed by atoms with van der Waals surface area (Å²) in [6.45, 7) is 0.135. The molecule has 0 aliphatic heterocycles. The molecule has 0 bridgehead atoms. The van der Waals surface area contributed by atoms with E-state index in [4.69, 9.17) is 10.5 Å². The van der Waals surface area contributed by atoms with E-state index in [1.54, 1.807) is 0 Å². The normalized spacial score (nSPS) is 10.1. The Labute approximate surface area is 104 Å². The highest BCUT2D eigenvalue weighted by atomic mass is 19.1. The second-order valence-electron chi connectivity index (χ2n) is 3.76. The van der Waals surface area contributed by atoms with Gasteiger partial charge in [0.1, 0.15) is 12.4 Å². The first kappa shape index (κ1) is 12.1. The topological polar surface area (TPSA) is 52.3 Å². The molecule has 2 aromatic carbocycles. The fraction of sp³-hybridized carbons (Fsp3) is 0.0714. The standard InChI is InChI=1S/C14H12FNO2/c15-12-8-4-7-11(13(12)16)14(17)18-9-10-5-2-1-3-6-10/h1-8H,9,16H2. The second kappa shape index (κ2) is 5.31. The highest BCUT2D eigenvalue weighted by Gasteiger charge is 2.13. The molecule has 2 aromatic rings. The fourth-order valence-electron chi connectivity index (χ4n) is 1.52. The lowest BCUT2D eigenvalue weighted by Crippen LogP contribution is -2.09. The Balaban J connectivity index is 2.07. The van der Waals surface area contributed by atoms with Crippen molar-refractivity contribution >= 4 is 11.7 Å². The Morgan fingerprint density at radius 3 is 2.56 bits per heavy atom. The maximum atomic E-state index is 13.2. The molecule has 18 heavy (non-hydrogen) atoms. The van der Waals surface area contributed by atoms with Crippen molar-refractivity contribution in [2.24, 2.45) is 0 Å². The lowest BCUT2D eigenvalue weighted by Gasteiger charge is -2.07. The van der Waals surface area contributed by atoms with Gasteiger partial charge in [-0.3, -0.25) is 0 Å². The highest BCUT2D eigenvalue weighted by Crippen LogP contribution is 2.17. The van der Waals surface area contributed by atoms with Gasteiger partial charge in [0, 0.05) is 0 Å². The van der Waals surface area contributed by atoms with Crippen molar-refractivity contribution < 1.29 is 13.9 Å². The molecule has 0 heterocycles. The van der Waals surface area contributed by atoms with E-state index in [9.17, 15) is 9.18 Å². The van der Waals surface area contributed by atoms with Crippen LogP contribution in [0.1, 0.15) is 15.9 Å². The molecule has 0 spiro atoms. The molecular weight excluding hydrogens is 233 g/mol. The number of carbonyl (C=O) groups is 1.